The normalized spacial score (nSPS) is 10.3. The lowest BCUT2D eigenvalue weighted by atomic mass is 10.2. The number of nitrogens with one attached hydrogen (secondary N) is 2. The number of carbonyl (C=O) groups is 1. The van der Waals surface area contributed by atoms with Crippen molar-refractivity contribution in [1.82, 2.24) is 15.2 Å². The Morgan fingerprint density at radius 3 is 3.00 bits per heavy atom. The molecule has 0 saturated carbocycles. The van der Waals surface area contributed by atoms with Gasteiger partial charge in [-0.1, -0.05) is 13.3 Å². The fourth-order valence-electron chi connectivity index (χ4n) is 1.66. The number of nitrogens with zero attached hydrogens (tertiary/aromatic N) is 2. The van der Waals surface area contributed by atoms with Gasteiger partial charge >= 0.3 is 0 Å². The molecule has 94 valence electrons. The van der Waals surface area contributed by atoms with Crippen LogP contribution in [0.1, 0.15) is 35.1 Å². The van der Waals surface area contributed by atoms with Crippen LogP contribution >= 0.6 is 0 Å². The highest BCUT2D eigenvalue weighted by Crippen LogP contribution is 2.08. The molecular weight excluding hydrogens is 228 g/mol. The number of hydrogen-bond acceptors (Lipinski definition) is 3. The molecule has 0 saturated heterocycles. The van der Waals surface area contributed by atoms with E-state index in [2.05, 4.69) is 27.4 Å². The number of aromatic amines is 1. The van der Waals surface area contributed by atoms with Crippen molar-refractivity contribution in [2.45, 2.75) is 26.7 Å². The van der Waals surface area contributed by atoms with E-state index in [0.717, 1.165) is 24.1 Å². The van der Waals surface area contributed by atoms with Crippen LogP contribution < -0.4 is 5.32 Å². The standard InChI is InChI=1S/C13H16N4O/c1-3-4-10-8-11(17-16-10)13(18)15-12-7-9(2)5-6-14-12/h5-8H,3-4H2,1-2H3,(H,16,17)(H,14,15,18). The lowest BCUT2D eigenvalue weighted by Gasteiger charge is -2.02. The van der Waals surface area contributed by atoms with E-state index in [1.54, 1.807) is 12.3 Å². The summed E-state index contributed by atoms with van der Waals surface area (Å²) in [6.45, 7) is 4.03. The third-order valence-electron chi connectivity index (χ3n) is 2.54. The molecule has 2 aromatic heterocycles. The Bertz CT molecular complexity index is 547. The van der Waals surface area contributed by atoms with Gasteiger partial charge in [-0.3, -0.25) is 9.89 Å². The van der Waals surface area contributed by atoms with E-state index in [-0.39, 0.29) is 5.91 Å². The Morgan fingerprint density at radius 1 is 1.44 bits per heavy atom. The second-order valence-corrected chi connectivity index (χ2v) is 4.20. The van der Waals surface area contributed by atoms with Crippen molar-refractivity contribution in [3.8, 4) is 0 Å². The van der Waals surface area contributed by atoms with Crippen LogP contribution in [0.2, 0.25) is 0 Å². The summed E-state index contributed by atoms with van der Waals surface area (Å²) in [4.78, 5) is 16.0. The number of H-pyrrole nitrogens is 1. The van der Waals surface area contributed by atoms with Crippen LogP contribution in [0.15, 0.2) is 24.4 Å². The smallest absolute Gasteiger partial charge is 0.277 e. The molecule has 0 fully saturated rings. The number of amides is 1. The molecule has 0 spiro atoms. The SMILES string of the molecule is CCCc1cc(C(=O)Nc2cc(C)ccn2)n[nH]1. The highest BCUT2D eigenvalue weighted by Gasteiger charge is 2.10. The highest BCUT2D eigenvalue weighted by atomic mass is 16.2. The van der Waals surface area contributed by atoms with Crippen LogP contribution in [0.25, 0.3) is 0 Å². The van der Waals surface area contributed by atoms with Crippen molar-refractivity contribution < 1.29 is 4.79 Å². The average molecular weight is 244 g/mol. The summed E-state index contributed by atoms with van der Waals surface area (Å²) in [6, 6.07) is 5.47. The van der Waals surface area contributed by atoms with Crippen molar-refractivity contribution in [3.63, 3.8) is 0 Å². The lowest BCUT2D eigenvalue weighted by Crippen LogP contribution is -2.13. The average Bonchev–Trinajstić information content (AvgIpc) is 2.78. The zero-order valence-corrected chi connectivity index (χ0v) is 10.5. The van der Waals surface area contributed by atoms with Crippen LogP contribution in [0.5, 0.6) is 0 Å². The second-order valence-electron chi connectivity index (χ2n) is 4.20. The minimum atomic E-state index is -0.244. The van der Waals surface area contributed by atoms with Crippen LogP contribution in [0.3, 0.4) is 0 Å². The van der Waals surface area contributed by atoms with E-state index in [0.29, 0.717) is 11.5 Å². The Balaban J connectivity index is 2.07. The molecule has 0 radical (unpaired) electrons. The summed E-state index contributed by atoms with van der Waals surface area (Å²) in [5, 5.41) is 9.56. The first-order valence-corrected chi connectivity index (χ1v) is 5.97. The number of aromatic nitrogens is 3. The van der Waals surface area contributed by atoms with E-state index in [1.165, 1.54) is 0 Å². The predicted octanol–water partition coefficient (Wildman–Crippen LogP) is 2.32. The zero-order chi connectivity index (χ0) is 13.0. The highest BCUT2D eigenvalue weighted by molar-refractivity contribution is 6.02. The number of hydrogen-bond donors (Lipinski definition) is 2. The van der Waals surface area contributed by atoms with Crippen LogP contribution in [-0.4, -0.2) is 21.1 Å². The van der Waals surface area contributed by atoms with Crippen molar-refractivity contribution in [3.05, 3.63) is 41.3 Å². The van der Waals surface area contributed by atoms with E-state index in [9.17, 15) is 4.79 Å². The second kappa shape index (κ2) is 5.44. The first-order chi connectivity index (χ1) is 8.69. The van der Waals surface area contributed by atoms with Gasteiger partial charge in [-0.2, -0.15) is 5.10 Å². The maximum absolute atomic E-state index is 11.9. The van der Waals surface area contributed by atoms with E-state index in [1.807, 2.05) is 19.1 Å². The Hall–Kier alpha value is -2.17. The quantitative estimate of drug-likeness (QED) is 0.867. The minimum Gasteiger partial charge on any atom is -0.305 e. The molecule has 1 amide bonds. The topological polar surface area (TPSA) is 70.7 Å². The monoisotopic (exact) mass is 244 g/mol. The Labute approximate surface area is 106 Å². The molecule has 0 aliphatic carbocycles. The molecule has 5 heteroatoms. The Kier molecular flexibility index (Phi) is 3.72. The van der Waals surface area contributed by atoms with Gasteiger partial charge in [-0.05, 0) is 37.1 Å². The maximum atomic E-state index is 11.9. The molecule has 2 aromatic rings. The predicted molar refractivity (Wildman–Crippen MR) is 69.5 cm³/mol. The largest absolute Gasteiger partial charge is 0.305 e. The maximum Gasteiger partial charge on any atom is 0.277 e. The van der Waals surface area contributed by atoms with Crippen LogP contribution in [-0.2, 0) is 6.42 Å². The van der Waals surface area contributed by atoms with Gasteiger partial charge in [-0.25, -0.2) is 4.98 Å². The number of aryl methyl sites for hydroxylation is 2. The van der Waals surface area contributed by atoms with Crippen LogP contribution in [0, 0.1) is 6.92 Å². The first-order valence-electron chi connectivity index (χ1n) is 5.97. The van der Waals surface area contributed by atoms with Gasteiger partial charge in [0.25, 0.3) is 5.91 Å². The summed E-state index contributed by atoms with van der Waals surface area (Å²) < 4.78 is 0. The summed E-state index contributed by atoms with van der Waals surface area (Å²) >= 11 is 0. The molecule has 0 bridgehead atoms. The number of pyridine rings is 1. The number of rotatable bonds is 4. The van der Waals surface area contributed by atoms with Crippen LogP contribution in [0.4, 0.5) is 5.82 Å². The van der Waals surface area contributed by atoms with Gasteiger partial charge in [0.1, 0.15) is 5.82 Å². The number of anilines is 1. The van der Waals surface area contributed by atoms with Gasteiger partial charge in [-0.15, -0.1) is 0 Å². The molecule has 5 nitrogen and oxygen atoms in total. The molecule has 0 aliphatic heterocycles. The summed E-state index contributed by atoms with van der Waals surface area (Å²) in [5.41, 5.74) is 2.41. The lowest BCUT2D eigenvalue weighted by molar-refractivity contribution is 0.102. The summed E-state index contributed by atoms with van der Waals surface area (Å²) in [6.07, 6.45) is 3.57. The van der Waals surface area contributed by atoms with E-state index >= 15 is 0 Å². The molecule has 2 heterocycles. The summed E-state index contributed by atoms with van der Waals surface area (Å²) in [5.74, 6) is 0.298. The summed E-state index contributed by atoms with van der Waals surface area (Å²) in [7, 11) is 0. The molecule has 0 atom stereocenters. The van der Waals surface area contributed by atoms with Crippen molar-refractivity contribution >= 4 is 11.7 Å². The third-order valence-corrected chi connectivity index (χ3v) is 2.54. The van der Waals surface area contributed by atoms with Crippen molar-refractivity contribution in [2.75, 3.05) is 5.32 Å². The minimum absolute atomic E-state index is 0.244. The van der Waals surface area contributed by atoms with Gasteiger partial charge < -0.3 is 5.32 Å². The van der Waals surface area contributed by atoms with E-state index < -0.39 is 0 Å². The van der Waals surface area contributed by atoms with Gasteiger partial charge in [0.2, 0.25) is 0 Å². The van der Waals surface area contributed by atoms with Gasteiger partial charge in [0.05, 0.1) is 0 Å². The zero-order valence-electron chi connectivity index (χ0n) is 10.5. The first kappa shape index (κ1) is 12.3. The fourth-order valence-corrected chi connectivity index (χ4v) is 1.66. The number of carbonyl (C=O) groups excluding carboxylic acids is 1. The fraction of sp³-hybridized carbons (Fsp3) is 0.308. The molecule has 2 N–H and O–H groups in total. The molecule has 0 aromatic carbocycles. The molecule has 18 heavy (non-hydrogen) atoms. The van der Waals surface area contributed by atoms with Crippen molar-refractivity contribution in [2.24, 2.45) is 0 Å². The third kappa shape index (κ3) is 2.94. The Morgan fingerprint density at radius 2 is 2.28 bits per heavy atom. The molecular formula is C13H16N4O. The molecule has 2 rings (SSSR count). The molecule has 0 aliphatic rings. The van der Waals surface area contributed by atoms with E-state index in [4.69, 9.17) is 0 Å². The van der Waals surface area contributed by atoms with Crippen molar-refractivity contribution in [1.29, 1.82) is 0 Å². The van der Waals surface area contributed by atoms with Gasteiger partial charge in [0.15, 0.2) is 5.69 Å². The van der Waals surface area contributed by atoms with Gasteiger partial charge in [0, 0.05) is 11.9 Å². The molecule has 0 unspecified atom stereocenters.